The lowest BCUT2D eigenvalue weighted by Crippen LogP contribution is -1.99. The SMILES string of the molecule is CC(=Cc1ccc(I)cc1)C1CC1C(=O)O. The summed E-state index contributed by atoms with van der Waals surface area (Å²) in [4.78, 5) is 10.7. The molecule has 1 aromatic carbocycles. The van der Waals surface area contributed by atoms with Crippen molar-refractivity contribution in [2.45, 2.75) is 13.3 Å². The summed E-state index contributed by atoms with van der Waals surface area (Å²) in [7, 11) is 0. The zero-order chi connectivity index (χ0) is 11.7. The lowest BCUT2D eigenvalue weighted by Gasteiger charge is -1.99. The Morgan fingerprint density at radius 2 is 2.00 bits per heavy atom. The predicted octanol–water partition coefficient (Wildman–Crippen LogP) is 3.42. The van der Waals surface area contributed by atoms with Crippen molar-refractivity contribution in [3.63, 3.8) is 0 Å². The molecular formula is C13H13IO2. The molecule has 1 saturated carbocycles. The van der Waals surface area contributed by atoms with E-state index in [0.29, 0.717) is 0 Å². The molecule has 0 spiro atoms. The van der Waals surface area contributed by atoms with Gasteiger partial charge in [-0.2, -0.15) is 0 Å². The van der Waals surface area contributed by atoms with Crippen molar-refractivity contribution in [3.8, 4) is 0 Å². The minimum Gasteiger partial charge on any atom is -0.481 e. The molecule has 0 aromatic heterocycles. The Kier molecular flexibility index (Phi) is 3.33. The summed E-state index contributed by atoms with van der Waals surface area (Å²) in [5, 5.41) is 8.85. The second-order valence-corrected chi connectivity index (χ2v) is 5.47. The zero-order valence-corrected chi connectivity index (χ0v) is 11.1. The van der Waals surface area contributed by atoms with E-state index < -0.39 is 5.97 Å². The Labute approximate surface area is 109 Å². The molecule has 1 aliphatic carbocycles. The molecule has 84 valence electrons. The van der Waals surface area contributed by atoms with Gasteiger partial charge in [0.05, 0.1) is 5.92 Å². The quantitative estimate of drug-likeness (QED) is 0.864. The van der Waals surface area contributed by atoms with E-state index in [4.69, 9.17) is 5.11 Å². The number of rotatable bonds is 3. The van der Waals surface area contributed by atoms with Gasteiger partial charge in [0.2, 0.25) is 0 Å². The Morgan fingerprint density at radius 3 is 2.50 bits per heavy atom. The topological polar surface area (TPSA) is 37.3 Å². The summed E-state index contributed by atoms with van der Waals surface area (Å²) in [6, 6.07) is 8.23. The molecule has 0 aliphatic heterocycles. The molecule has 0 amide bonds. The van der Waals surface area contributed by atoms with Crippen LogP contribution in [0.15, 0.2) is 29.8 Å². The fraction of sp³-hybridized carbons (Fsp3) is 0.308. The van der Waals surface area contributed by atoms with Crippen molar-refractivity contribution in [2.24, 2.45) is 11.8 Å². The molecule has 1 fully saturated rings. The van der Waals surface area contributed by atoms with Crippen molar-refractivity contribution in [3.05, 3.63) is 39.0 Å². The third-order valence-corrected chi connectivity index (χ3v) is 3.68. The maximum Gasteiger partial charge on any atom is 0.307 e. The number of halogens is 1. The van der Waals surface area contributed by atoms with E-state index in [1.54, 1.807) is 0 Å². The van der Waals surface area contributed by atoms with Gasteiger partial charge in [0.1, 0.15) is 0 Å². The van der Waals surface area contributed by atoms with E-state index in [0.717, 1.165) is 12.0 Å². The first-order chi connectivity index (χ1) is 7.58. The lowest BCUT2D eigenvalue weighted by atomic mass is 10.1. The molecule has 2 nitrogen and oxygen atoms in total. The van der Waals surface area contributed by atoms with Gasteiger partial charge in [-0.15, -0.1) is 0 Å². The van der Waals surface area contributed by atoms with Crippen LogP contribution in [0.1, 0.15) is 18.9 Å². The molecule has 2 rings (SSSR count). The van der Waals surface area contributed by atoms with Crippen molar-refractivity contribution in [2.75, 3.05) is 0 Å². The number of allylic oxidation sites excluding steroid dienone is 1. The molecule has 0 heterocycles. The van der Waals surface area contributed by atoms with Gasteiger partial charge in [-0.3, -0.25) is 4.79 Å². The second kappa shape index (κ2) is 4.57. The van der Waals surface area contributed by atoms with Crippen molar-refractivity contribution >= 4 is 34.6 Å². The first-order valence-corrected chi connectivity index (χ1v) is 6.32. The third kappa shape index (κ3) is 2.64. The Morgan fingerprint density at radius 1 is 1.38 bits per heavy atom. The number of carbonyl (C=O) groups is 1. The molecule has 3 heteroatoms. The van der Waals surface area contributed by atoms with E-state index in [9.17, 15) is 4.79 Å². The Bertz CT molecular complexity index is 434. The maximum atomic E-state index is 10.7. The van der Waals surface area contributed by atoms with Crippen LogP contribution >= 0.6 is 22.6 Å². The predicted molar refractivity (Wildman–Crippen MR) is 72.0 cm³/mol. The normalized spacial score (nSPS) is 24.2. The molecule has 1 aromatic rings. The summed E-state index contributed by atoms with van der Waals surface area (Å²) in [6.45, 7) is 2.02. The van der Waals surface area contributed by atoms with Gasteiger partial charge in [-0.05, 0) is 59.5 Å². The summed E-state index contributed by atoms with van der Waals surface area (Å²) in [6.07, 6.45) is 2.88. The number of aliphatic carboxylic acids is 1. The first-order valence-electron chi connectivity index (χ1n) is 5.24. The van der Waals surface area contributed by atoms with Gasteiger partial charge in [0.15, 0.2) is 0 Å². The fourth-order valence-electron chi connectivity index (χ4n) is 1.90. The highest BCUT2D eigenvalue weighted by molar-refractivity contribution is 14.1. The standard InChI is InChI=1S/C13H13IO2/c1-8(11-7-12(11)13(15)16)6-9-2-4-10(14)5-3-9/h2-6,11-12H,7H2,1H3,(H,15,16). The average Bonchev–Trinajstić information content (AvgIpc) is 3.01. The molecule has 1 aliphatic rings. The molecular weight excluding hydrogens is 315 g/mol. The molecule has 0 radical (unpaired) electrons. The third-order valence-electron chi connectivity index (χ3n) is 2.96. The summed E-state index contributed by atoms with van der Waals surface area (Å²) in [5.74, 6) is -0.572. The lowest BCUT2D eigenvalue weighted by molar-refractivity contribution is -0.138. The van der Waals surface area contributed by atoms with Crippen LogP contribution in [0.4, 0.5) is 0 Å². The summed E-state index contributed by atoms with van der Waals surface area (Å²) < 4.78 is 1.21. The molecule has 2 unspecified atom stereocenters. The number of carboxylic acids is 1. The van der Waals surface area contributed by atoms with Crippen LogP contribution in [-0.2, 0) is 4.79 Å². The van der Waals surface area contributed by atoms with Gasteiger partial charge < -0.3 is 5.11 Å². The Hall–Kier alpha value is -0.840. The van der Waals surface area contributed by atoms with E-state index in [-0.39, 0.29) is 11.8 Å². The number of benzene rings is 1. The first kappa shape index (κ1) is 11.6. The van der Waals surface area contributed by atoms with Crippen LogP contribution in [0.3, 0.4) is 0 Å². The summed E-state index contributed by atoms with van der Waals surface area (Å²) >= 11 is 2.27. The minimum atomic E-state index is -0.666. The van der Waals surface area contributed by atoms with Crippen LogP contribution < -0.4 is 0 Å². The smallest absolute Gasteiger partial charge is 0.307 e. The van der Waals surface area contributed by atoms with E-state index in [1.165, 1.54) is 9.14 Å². The monoisotopic (exact) mass is 328 g/mol. The van der Waals surface area contributed by atoms with E-state index in [2.05, 4.69) is 52.9 Å². The van der Waals surface area contributed by atoms with Crippen molar-refractivity contribution in [1.82, 2.24) is 0 Å². The average molecular weight is 328 g/mol. The van der Waals surface area contributed by atoms with Crippen molar-refractivity contribution < 1.29 is 9.90 Å². The number of hydrogen-bond donors (Lipinski definition) is 1. The van der Waals surface area contributed by atoms with E-state index in [1.807, 2.05) is 6.92 Å². The van der Waals surface area contributed by atoms with Crippen LogP contribution in [-0.4, -0.2) is 11.1 Å². The highest BCUT2D eigenvalue weighted by atomic mass is 127. The highest BCUT2D eigenvalue weighted by Gasteiger charge is 2.43. The largest absolute Gasteiger partial charge is 0.481 e. The van der Waals surface area contributed by atoms with Gasteiger partial charge in [-0.25, -0.2) is 0 Å². The molecule has 16 heavy (non-hydrogen) atoms. The second-order valence-electron chi connectivity index (χ2n) is 4.23. The Balaban J connectivity index is 2.08. The van der Waals surface area contributed by atoms with Crippen LogP contribution in [0.2, 0.25) is 0 Å². The van der Waals surface area contributed by atoms with Crippen LogP contribution in [0, 0.1) is 15.4 Å². The maximum absolute atomic E-state index is 10.7. The molecule has 2 atom stereocenters. The zero-order valence-electron chi connectivity index (χ0n) is 8.98. The van der Waals surface area contributed by atoms with Gasteiger partial charge >= 0.3 is 5.97 Å². The molecule has 0 bridgehead atoms. The minimum absolute atomic E-state index is 0.153. The van der Waals surface area contributed by atoms with E-state index >= 15 is 0 Å². The molecule has 0 saturated heterocycles. The highest BCUT2D eigenvalue weighted by Crippen LogP contribution is 2.44. The van der Waals surface area contributed by atoms with Gasteiger partial charge in [0.25, 0.3) is 0 Å². The van der Waals surface area contributed by atoms with Gasteiger partial charge in [-0.1, -0.05) is 23.8 Å². The summed E-state index contributed by atoms with van der Waals surface area (Å²) in [5.41, 5.74) is 2.32. The van der Waals surface area contributed by atoms with Crippen molar-refractivity contribution in [1.29, 1.82) is 0 Å². The fourth-order valence-corrected chi connectivity index (χ4v) is 2.26. The number of carboxylic acid groups (broad SMARTS) is 1. The number of hydrogen-bond acceptors (Lipinski definition) is 1. The van der Waals surface area contributed by atoms with Crippen LogP contribution in [0.5, 0.6) is 0 Å². The van der Waals surface area contributed by atoms with Gasteiger partial charge in [0, 0.05) is 3.57 Å². The van der Waals surface area contributed by atoms with Crippen LogP contribution in [0.25, 0.3) is 6.08 Å². The molecule has 1 N–H and O–H groups in total.